The number of nitrogens with zero attached hydrogens (tertiary/aromatic N) is 3. The van der Waals surface area contributed by atoms with E-state index in [1.54, 1.807) is 0 Å². The minimum atomic E-state index is -1.40. The molecular weight excluding hydrogens is 848 g/mol. The molecule has 5 aliphatic rings. The largest absolute Gasteiger partial charge is 1.00 e. The second-order valence-electron chi connectivity index (χ2n) is 19.9. The standard InChI is InChI=1S/C45H66N10O8.K/c1-21-36-24(10-13-30(47)57)41(3,4)28(53-36)18-27-23(9-12-29(46)56)43(6,19-33(50)60)39(52-27)22(2)37-25(11-14-31(48)58)44(7,20-34(51)61)45(8,55-37)40-26(17-32(49)59)42(5,38(21)54-40)16-15-35(62)63;/h18,23-26,40,52H,9-17,19-20H2,1-8H3,(H2,46,56)(H2,47,57)(H2,48,58)(H2,49,59)(H2,50,60)(H2,51,61)(H,62,63);/q;+1/p-1/b27-18?,36-21?,39-22-;/t23-,24+,25-,26+,40?,42-,43+,44+,45+;/m1./s1. The Balaban J connectivity index is 0.00000898. The van der Waals surface area contributed by atoms with Gasteiger partial charge in [0.2, 0.25) is 29.5 Å². The monoisotopic (exact) mass is 912 g/mol. The summed E-state index contributed by atoms with van der Waals surface area (Å²) in [5, 5.41) is 33.9. The van der Waals surface area contributed by atoms with E-state index in [0.717, 1.165) is 0 Å². The first-order valence-corrected chi connectivity index (χ1v) is 21.6. The van der Waals surface area contributed by atoms with Crippen molar-refractivity contribution >= 4 is 58.5 Å². The summed E-state index contributed by atoms with van der Waals surface area (Å²) >= 11 is 0. The van der Waals surface area contributed by atoms with Crippen LogP contribution in [0.5, 0.6) is 0 Å². The van der Waals surface area contributed by atoms with E-state index in [2.05, 4.69) is 5.32 Å². The number of allylic oxidation sites excluding steroid dienone is 6. The topological polar surface area (TPSA) is 349 Å². The van der Waals surface area contributed by atoms with Crippen LogP contribution in [0.25, 0.3) is 0 Å². The molecule has 8 bridgehead atoms. The van der Waals surface area contributed by atoms with E-state index in [0.29, 0.717) is 45.4 Å². The Morgan fingerprint density at radius 3 is 1.84 bits per heavy atom. The number of amides is 5. The van der Waals surface area contributed by atoms with Gasteiger partial charge in [-0.2, -0.15) is 0 Å². The third kappa shape index (κ3) is 9.46. The Bertz CT molecular complexity index is 2230. The first-order chi connectivity index (χ1) is 29.0. The average Bonchev–Trinajstić information content (AvgIpc) is 3.75. The predicted molar refractivity (Wildman–Crippen MR) is 235 cm³/mol. The van der Waals surface area contributed by atoms with E-state index in [1.165, 1.54) is 0 Å². The molecule has 5 amide bonds. The van der Waals surface area contributed by atoms with Crippen LogP contribution >= 0.6 is 0 Å². The molecule has 0 aromatic rings. The number of nitrogens with one attached hydrogen (secondary N) is 2. The number of hydrogen-bond donors (Lipinski definition) is 8. The van der Waals surface area contributed by atoms with Gasteiger partial charge in [-0.25, -0.2) is 0 Å². The van der Waals surface area contributed by atoms with Crippen molar-refractivity contribution in [2.75, 3.05) is 0 Å². The molecule has 1 fully saturated rings. The SMILES string of the molecule is CC1=C2N=C(C=C3N/C(=C(/C)C4=N[C@@](C)(C5N=C1[C@](C)(CCC(=O)O)[C@H]5CC(N)=O)[C@@](C)(CC(N)=O)[C@@H]4CCC(N)=O)[C@@](C)(CC(N)=O)[C@@H]3CCC(=N)[O-])C(C)(C)[C@H]2CCC(N)=O.[K+]. The van der Waals surface area contributed by atoms with Crippen LogP contribution in [0, 0.1) is 50.7 Å². The fourth-order valence-electron chi connectivity index (χ4n) is 11.9. The Hall–Kier alpha value is -4.04. The van der Waals surface area contributed by atoms with E-state index < -0.39 is 98.3 Å². The molecule has 1 saturated heterocycles. The van der Waals surface area contributed by atoms with Gasteiger partial charge in [0.05, 0.1) is 11.6 Å². The molecule has 64 heavy (non-hydrogen) atoms. The van der Waals surface area contributed by atoms with Crippen molar-refractivity contribution in [3.63, 3.8) is 0 Å². The van der Waals surface area contributed by atoms with Crippen LogP contribution < -0.4 is 90.5 Å². The molecule has 9 atom stereocenters. The quantitative estimate of drug-likeness (QED) is 0.0483. The number of carbonyl (C=O) groups excluding carboxylic acids is 5. The van der Waals surface area contributed by atoms with E-state index in [4.69, 9.17) is 49.1 Å². The van der Waals surface area contributed by atoms with Gasteiger partial charge in [0.25, 0.3) is 0 Å². The molecule has 5 heterocycles. The van der Waals surface area contributed by atoms with Crippen LogP contribution in [-0.4, -0.2) is 75.2 Å². The summed E-state index contributed by atoms with van der Waals surface area (Å²) in [5.74, 6) is -7.42. The molecule has 13 N–H and O–H groups in total. The van der Waals surface area contributed by atoms with Crippen molar-refractivity contribution in [1.82, 2.24) is 5.32 Å². The van der Waals surface area contributed by atoms with E-state index in [9.17, 15) is 39.0 Å². The van der Waals surface area contributed by atoms with E-state index >= 15 is 0 Å². The van der Waals surface area contributed by atoms with Crippen molar-refractivity contribution in [1.29, 1.82) is 5.41 Å². The van der Waals surface area contributed by atoms with Crippen molar-refractivity contribution in [3.8, 4) is 0 Å². The van der Waals surface area contributed by atoms with Gasteiger partial charge in [0.15, 0.2) is 0 Å². The number of rotatable bonds is 18. The van der Waals surface area contributed by atoms with Crippen molar-refractivity contribution < 1.29 is 90.4 Å². The van der Waals surface area contributed by atoms with Crippen LogP contribution in [0.3, 0.4) is 0 Å². The minimum Gasteiger partial charge on any atom is -0.862 e. The molecule has 344 valence electrons. The molecule has 0 aromatic heterocycles. The molecule has 0 radical (unpaired) electrons. The van der Waals surface area contributed by atoms with Crippen LogP contribution in [0.4, 0.5) is 0 Å². The second kappa shape index (κ2) is 19.1. The maximum atomic E-state index is 13.4. The Kier molecular flexibility index (Phi) is 15.7. The fraction of sp³-hybridized carbons (Fsp3) is 0.644. The zero-order valence-electron chi connectivity index (χ0n) is 38.8. The summed E-state index contributed by atoms with van der Waals surface area (Å²) in [4.78, 5) is 93.5. The molecule has 0 aromatic carbocycles. The first kappa shape index (κ1) is 52.6. The van der Waals surface area contributed by atoms with Gasteiger partial charge in [0, 0.05) is 118 Å². The number of carboxylic acid groups (broad SMARTS) is 1. The number of nitrogens with two attached hydrogens (primary N) is 5. The molecule has 5 rings (SSSR count). The van der Waals surface area contributed by atoms with Crippen LogP contribution in [-0.2, 0) is 28.8 Å². The Morgan fingerprint density at radius 2 is 1.33 bits per heavy atom. The van der Waals surface area contributed by atoms with E-state index in [1.807, 2.05) is 61.5 Å². The third-order valence-electron chi connectivity index (χ3n) is 15.5. The molecule has 5 aliphatic heterocycles. The smallest absolute Gasteiger partial charge is 0.862 e. The molecular formula is C45H65KN10O8. The fourth-order valence-corrected chi connectivity index (χ4v) is 11.9. The first-order valence-electron chi connectivity index (χ1n) is 21.6. The zero-order chi connectivity index (χ0) is 47.4. The summed E-state index contributed by atoms with van der Waals surface area (Å²) in [6.07, 6.45) is 1.31. The number of fused-ring (bicyclic) bond motifs is 6. The van der Waals surface area contributed by atoms with Gasteiger partial charge in [-0.15, -0.1) is 0 Å². The number of carboxylic acids is 1. The molecule has 0 saturated carbocycles. The summed E-state index contributed by atoms with van der Waals surface area (Å²) in [6.45, 7) is 15.1. The summed E-state index contributed by atoms with van der Waals surface area (Å²) in [6, 6.07) is -0.935. The maximum Gasteiger partial charge on any atom is 1.00 e. The van der Waals surface area contributed by atoms with Gasteiger partial charge >= 0.3 is 57.4 Å². The number of aliphatic imine (C=N–C) groups is 3. The van der Waals surface area contributed by atoms with Crippen LogP contribution in [0.2, 0.25) is 0 Å². The predicted octanol–water partition coefficient (Wildman–Crippen LogP) is -0.820. The molecule has 19 heteroatoms. The number of primary amides is 5. The number of carbonyl (C=O) groups is 6. The Labute approximate surface area is 417 Å². The van der Waals surface area contributed by atoms with Gasteiger partial charge in [-0.3, -0.25) is 43.7 Å². The van der Waals surface area contributed by atoms with Crippen molar-refractivity contribution in [2.24, 2.45) is 89.0 Å². The molecule has 1 unspecified atom stereocenters. The molecule has 0 spiro atoms. The molecule has 18 nitrogen and oxygen atoms in total. The van der Waals surface area contributed by atoms with Gasteiger partial charge in [0.1, 0.15) is 0 Å². The summed E-state index contributed by atoms with van der Waals surface area (Å²) in [5.41, 5.74) is 28.5. The van der Waals surface area contributed by atoms with Gasteiger partial charge < -0.3 is 49.6 Å². The number of hydrogen-bond acceptors (Lipinski definition) is 12. The maximum absolute atomic E-state index is 13.4. The Morgan fingerprint density at radius 1 is 0.766 bits per heavy atom. The van der Waals surface area contributed by atoms with Crippen LogP contribution in [0.1, 0.15) is 126 Å². The minimum absolute atomic E-state index is 0. The van der Waals surface area contributed by atoms with Gasteiger partial charge in [-0.1, -0.05) is 34.6 Å². The summed E-state index contributed by atoms with van der Waals surface area (Å²) < 4.78 is 0. The van der Waals surface area contributed by atoms with Gasteiger partial charge in [-0.05, 0) is 76.0 Å². The third-order valence-corrected chi connectivity index (χ3v) is 15.5. The van der Waals surface area contributed by atoms with Crippen molar-refractivity contribution in [3.05, 3.63) is 34.3 Å². The van der Waals surface area contributed by atoms with E-state index in [-0.39, 0.29) is 122 Å². The normalized spacial score (nSPS) is 33.7. The number of aliphatic carboxylic acids is 1. The molecule has 0 aliphatic carbocycles. The zero-order valence-corrected chi connectivity index (χ0v) is 41.9. The van der Waals surface area contributed by atoms with Crippen LogP contribution in [0.15, 0.2) is 49.3 Å². The summed E-state index contributed by atoms with van der Waals surface area (Å²) in [7, 11) is 0. The van der Waals surface area contributed by atoms with Crippen molar-refractivity contribution in [2.45, 2.75) is 138 Å². The second-order valence-corrected chi connectivity index (χ2v) is 19.9. The average molecular weight is 913 g/mol.